The highest BCUT2D eigenvalue weighted by Gasteiger charge is 2.17. The van der Waals surface area contributed by atoms with Gasteiger partial charge in [-0.1, -0.05) is 6.07 Å². The first-order valence-corrected chi connectivity index (χ1v) is 4.13. The summed E-state index contributed by atoms with van der Waals surface area (Å²) in [6.45, 7) is -0.541. The van der Waals surface area contributed by atoms with Crippen LogP contribution in [0.1, 0.15) is 26.3 Å². The largest absolute Gasteiger partial charge is 0.478 e. The lowest BCUT2D eigenvalue weighted by molar-refractivity contribution is -0.496. The van der Waals surface area contributed by atoms with Crippen LogP contribution in [0, 0.1) is 10.1 Å². The van der Waals surface area contributed by atoms with Crippen LogP contribution in [-0.2, 0) is 6.54 Å². The second kappa shape index (κ2) is 4.39. The molecule has 7 nitrogen and oxygen atoms in total. The summed E-state index contributed by atoms with van der Waals surface area (Å²) in [5, 5.41) is 27.6. The Bertz CT molecular complexity index is 467. The molecule has 0 bridgehead atoms. The molecule has 0 aromatic heterocycles. The van der Waals surface area contributed by atoms with E-state index in [1.165, 1.54) is 6.07 Å². The van der Waals surface area contributed by atoms with Gasteiger partial charge >= 0.3 is 11.9 Å². The summed E-state index contributed by atoms with van der Waals surface area (Å²) >= 11 is 0. The van der Waals surface area contributed by atoms with Crippen LogP contribution in [0.5, 0.6) is 0 Å². The zero-order valence-electron chi connectivity index (χ0n) is 7.91. The number of carboxylic acids is 2. The van der Waals surface area contributed by atoms with Gasteiger partial charge in [0.2, 0.25) is 6.54 Å². The lowest BCUT2D eigenvalue weighted by atomic mass is 10.0. The summed E-state index contributed by atoms with van der Waals surface area (Å²) in [5.41, 5.74) is -0.696. The van der Waals surface area contributed by atoms with Crippen LogP contribution in [0.15, 0.2) is 18.2 Å². The van der Waals surface area contributed by atoms with Gasteiger partial charge in [0.1, 0.15) is 0 Å². The highest BCUT2D eigenvalue weighted by Crippen LogP contribution is 2.13. The zero-order chi connectivity index (χ0) is 12.3. The van der Waals surface area contributed by atoms with Crippen molar-refractivity contribution in [3.63, 3.8) is 0 Å². The molecule has 0 amide bonds. The summed E-state index contributed by atoms with van der Waals surface area (Å²) < 4.78 is 0. The Balaban J connectivity index is 3.22. The summed E-state index contributed by atoms with van der Waals surface area (Å²) in [7, 11) is 0. The number of hydrogen-bond acceptors (Lipinski definition) is 4. The van der Waals surface area contributed by atoms with Crippen molar-refractivity contribution in [2.24, 2.45) is 0 Å². The Labute approximate surface area is 89.1 Å². The Morgan fingerprint density at radius 3 is 2.19 bits per heavy atom. The zero-order valence-corrected chi connectivity index (χ0v) is 7.91. The predicted molar refractivity (Wildman–Crippen MR) is 51.1 cm³/mol. The normalized spacial score (nSPS) is 9.75. The first-order chi connectivity index (χ1) is 7.41. The monoisotopic (exact) mass is 225 g/mol. The molecule has 0 aliphatic carbocycles. The van der Waals surface area contributed by atoms with E-state index >= 15 is 0 Å². The molecule has 0 radical (unpaired) electrons. The fraction of sp³-hybridized carbons (Fsp3) is 0.111. The Morgan fingerprint density at radius 2 is 1.75 bits per heavy atom. The van der Waals surface area contributed by atoms with E-state index in [4.69, 9.17) is 10.2 Å². The fourth-order valence-corrected chi connectivity index (χ4v) is 1.20. The van der Waals surface area contributed by atoms with Crippen molar-refractivity contribution in [3.8, 4) is 0 Å². The quantitative estimate of drug-likeness (QED) is 0.579. The van der Waals surface area contributed by atoms with Crippen LogP contribution < -0.4 is 0 Å². The molecule has 0 aliphatic rings. The van der Waals surface area contributed by atoms with Gasteiger partial charge in [0, 0.05) is 10.5 Å². The van der Waals surface area contributed by atoms with Crippen LogP contribution >= 0.6 is 0 Å². The molecular weight excluding hydrogens is 218 g/mol. The van der Waals surface area contributed by atoms with Gasteiger partial charge in [0.25, 0.3) is 0 Å². The van der Waals surface area contributed by atoms with Crippen molar-refractivity contribution in [2.75, 3.05) is 0 Å². The molecule has 0 spiro atoms. The number of carbonyl (C=O) groups is 2. The van der Waals surface area contributed by atoms with E-state index in [0.717, 1.165) is 12.1 Å². The van der Waals surface area contributed by atoms with E-state index in [9.17, 15) is 19.7 Å². The minimum absolute atomic E-state index is 0.146. The first-order valence-electron chi connectivity index (χ1n) is 4.13. The van der Waals surface area contributed by atoms with Gasteiger partial charge in [-0.2, -0.15) is 0 Å². The van der Waals surface area contributed by atoms with Crippen molar-refractivity contribution < 1.29 is 24.7 Å². The third-order valence-corrected chi connectivity index (χ3v) is 1.86. The van der Waals surface area contributed by atoms with Crippen molar-refractivity contribution in [1.82, 2.24) is 0 Å². The number of nitrogens with zero attached hydrogens (tertiary/aromatic N) is 1. The molecule has 1 aromatic carbocycles. The minimum Gasteiger partial charge on any atom is -0.478 e. The van der Waals surface area contributed by atoms with Crippen molar-refractivity contribution in [3.05, 3.63) is 45.0 Å². The molecule has 0 saturated carbocycles. The van der Waals surface area contributed by atoms with Crippen molar-refractivity contribution in [2.45, 2.75) is 6.54 Å². The minimum atomic E-state index is -1.43. The molecule has 0 aliphatic heterocycles. The number of carboxylic acid groups (broad SMARTS) is 2. The second-order valence-electron chi connectivity index (χ2n) is 2.98. The first kappa shape index (κ1) is 11.6. The van der Waals surface area contributed by atoms with Crippen LogP contribution in [0.3, 0.4) is 0 Å². The maximum absolute atomic E-state index is 10.7. The van der Waals surface area contributed by atoms with Gasteiger partial charge in [-0.05, 0) is 12.1 Å². The summed E-state index contributed by atoms with van der Waals surface area (Å²) in [6, 6.07) is 3.26. The molecule has 84 valence electrons. The molecule has 0 saturated heterocycles. The third-order valence-electron chi connectivity index (χ3n) is 1.86. The maximum Gasteiger partial charge on any atom is 0.336 e. The average Bonchev–Trinajstić information content (AvgIpc) is 2.16. The molecule has 1 rings (SSSR count). The van der Waals surface area contributed by atoms with Crippen LogP contribution in [0.25, 0.3) is 0 Å². The van der Waals surface area contributed by atoms with Crippen molar-refractivity contribution >= 4 is 11.9 Å². The van der Waals surface area contributed by atoms with Gasteiger partial charge in [-0.25, -0.2) is 9.59 Å². The van der Waals surface area contributed by atoms with E-state index in [-0.39, 0.29) is 11.1 Å². The van der Waals surface area contributed by atoms with E-state index < -0.39 is 29.0 Å². The standard InChI is InChI=1S/C9H7NO6/c11-8(12)6-2-1-5(4-10(15)16)3-7(6)9(13)14/h1-3H,4H2,(H,11,12)(H,13,14). The maximum atomic E-state index is 10.7. The molecule has 0 heterocycles. The average molecular weight is 225 g/mol. The van der Waals surface area contributed by atoms with E-state index in [0.29, 0.717) is 0 Å². The molecule has 2 N–H and O–H groups in total. The summed E-state index contributed by atoms with van der Waals surface area (Å²) in [5.74, 6) is -2.81. The number of rotatable bonds is 4. The van der Waals surface area contributed by atoms with E-state index in [2.05, 4.69) is 0 Å². The van der Waals surface area contributed by atoms with Gasteiger partial charge in [0.15, 0.2) is 0 Å². The van der Waals surface area contributed by atoms with Gasteiger partial charge in [0.05, 0.1) is 11.1 Å². The number of benzene rings is 1. The van der Waals surface area contributed by atoms with Gasteiger partial charge in [-0.15, -0.1) is 0 Å². The molecule has 0 atom stereocenters. The number of hydrogen-bond donors (Lipinski definition) is 2. The van der Waals surface area contributed by atoms with Gasteiger partial charge in [-0.3, -0.25) is 10.1 Å². The molecule has 7 heteroatoms. The topological polar surface area (TPSA) is 118 Å². The van der Waals surface area contributed by atoms with E-state index in [1.54, 1.807) is 0 Å². The number of aromatic carboxylic acids is 2. The molecule has 1 aromatic rings. The summed E-state index contributed by atoms with van der Waals surface area (Å²) in [4.78, 5) is 31.0. The lowest BCUT2D eigenvalue weighted by Gasteiger charge is -2.02. The third kappa shape index (κ3) is 2.53. The predicted octanol–water partition coefficient (Wildman–Crippen LogP) is 0.860. The van der Waals surface area contributed by atoms with Crippen LogP contribution in [0.4, 0.5) is 0 Å². The molecule has 0 unspecified atom stereocenters. The Kier molecular flexibility index (Phi) is 3.19. The fourth-order valence-electron chi connectivity index (χ4n) is 1.20. The Morgan fingerprint density at radius 1 is 1.19 bits per heavy atom. The van der Waals surface area contributed by atoms with Crippen LogP contribution in [0.2, 0.25) is 0 Å². The highest BCUT2D eigenvalue weighted by molar-refractivity contribution is 6.01. The summed E-state index contributed by atoms with van der Waals surface area (Å²) in [6.07, 6.45) is 0. The SMILES string of the molecule is O=C(O)c1ccc(C[N+](=O)[O-])cc1C(=O)O. The number of nitro groups is 1. The van der Waals surface area contributed by atoms with E-state index in [1.807, 2.05) is 0 Å². The highest BCUT2D eigenvalue weighted by atomic mass is 16.6. The van der Waals surface area contributed by atoms with Crippen LogP contribution in [-0.4, -0.2) is 27.1 Å². The molecular formula is C9H7NO6. The lowest BCUT2D eigenvalue weighted by Crippen LogP contribution is -2.09. The molecule has 16 heavy (non-hydrogen) atoms. The van der Waals surface area contributed by atoms with Crippen molar-refractivity contribution in [1.29, 1.82) is 0 Å². The second-order valence-corrected chi connectivity index (χ2v) is 2.98. The molecule has 0 fully saturated rings. The smallest absolute Gasteiger partial charge is 0.336 e. The van der Waals surface area contributed by atoms with Gasteiger partial charge < -0.3 is 10.2 Å². The Hall–Kier alpha value is -2.44.